The highest BCUT2D eigenvalue weighted by Crippen LogP contribution is 2.42. The van der Waals surface area contributed by atoms with Gasteiger partial charge in [0.15, 0.2) is 0 Å². The zero-order valence-corrected chi connectivity index (χ0v) is 19.1. The lowest BCUT2D eigenvalue weighted by Gasteiger charge is -2.24. The van der Waals surface area contributed by atoms with Gasteiger partial charge in [-0.1, -0.05) is 18.2 Å². The Bertz CT molecular complexity index is 1250. The number of ether oxygens (including phenoxy) is 2. The number of fused-ring (bicyclic) bond motifs is 1. The Morgan fingerprint density at radius 3 is 2.67 bits per heavy atom. The van der Waals surface area contributed by atoms with E-state index in [1.54, 1.807) is 13.2 Å². The first-order chi connectivity index (χ1) is 16.0. The molecule has 1 aromatic heterocycles. The number of aliphatic hydroxyl groups is 1. The number of carbonyl (C=O) groups is 2. The summed E-state index contributed by atoms with van der Waals surface area (Å²) >= 11 is 1.45. The first-order valence-electron chi connectivity index (χ1n) is 10.7. The molecule has 1 saturated heterocycles. The lowest BCUT2D eigenvalue weighted by Crippen LogP contribution is -2.28. The zero-order valence-electron chi connectivity index (χ0n) is 18.3. The van der Waals surface area contributed by atoms with Gasteiger partial charge < -0.3 is 19.5 Å². The van der Waals surface area contributed by atoms with Gasteiger partial charge in [-0.25, -0.2) is 0 Å². The predicted octanol–water partition coefficient (Wildman–Crippen LogP) is 4.70. The van der Waals surface area contributed by atoms with Crippen LogP contribution in [0.5, 0.6) is 11.5 Å². The molecule has 2 unspecified atom stereocenters. The van der Waals surface area contributed by atoms with Crippen molar-refractivity contribution in [1.29, 1.82) is 0 Å². The van der Waals surface area contributed by atoms with Crippen LogP contribution in [-0.2, 0) is 22.6 Å². The van der Waals surface area contributed by atoms with Crippen LogP contribution in [0, 0.1) is 0 Å². The summed E-state index contributed by atoms with van der Waals surface area (Å²) in [5, 5.41) is 13.2. The van der Waals surface area contributed by atoms with Gasteiger partial charge in [-0.2, -0.15) is 0 Å². The van der Waals surface area contributed by atoms with E-state index in [0.29, 0.717) is 11.3 Å². The topological polar surface area (TPSA) is 76.1 Å². The predicted molar refractivity (Wildman–Crippen MR) is 125 cm³/mol. The highest BCUT2D eigenvalue weighted by Gasteiger charge is 2.46. The van der Waals surface area contributed by atoms with Crippen molar-refractivity contribution >= 4 is 28.8 Å². The molecule has 1 N–H and O–H groups in total. The molecule has 2 aliphatic rings. The monoisotopic (exact) mass is 461 g/mol. The summed E-state index contributed by atoms with van der Waals surface area (Å²) in [7, 11) is 1.59. The van der Waals surface area contributed by atoms with E-state index in [4.69, 9.17) is 9.47 Å². The van der Waals surface area contributed by atoms with Gasteiger partial charge in [0.2, 0.25) is 0 Å². The van der Waals surface area contributed by atoms with E-state index in [2.05, 4.69) is 0 Å². The molecule has 3 heterocycles. The number of benzene rings is 2. The summed E-state index contributed by atoms with van der Waals surface area (Å²) in [6.45, 7) is 2.23. The van der Waals surface area contributed by atoms with Crippen LogP contribution >= 0.6 is 11.3 Å². The number of methoxy groups -OCH3 is 1. The fourth-order valence-electron chi connectivity index (χ4n) is 4.44. The second-order valence-corrected chi connectivity index (χ2v) is 9.22. The standard InChI is InChI=1S/C26H23NO5S/c1-15-12-18-13-17(7-10-20(18)32-15)24(28)22-23(21-4-3-11-33-21)27(26(30)25(22)29)14-16-5-8-19(31-2)9-6-16/h3-11,13,15,23,28H,12,14H2,1-2H3/b24-22-. The van der Waals surface area contributed by atoms with Crippen LogP contribution < -0.4 is 9.47 Å². The summed E-state index contributed by atoms with van der Waals surface area (Å²) < 4.78 is 11.0. The second kappa shape index (κ2) is 8.41. The number of amides is 1. The molecule has 0 aliphatic carbocycles. The third-order valence-corrected chi connectivity index (χ3v) is 6.96. The van der Waals surface area contributed by atoms with Gasteiger partial charge in [-0.3, -0.25) is 9.59 Å². The van der Waals surface area contributed by atoms with Crippen LogP contribution in [0.4, 0.5) is 0 Å². The molecule has 168 valence electrons. The van der Waals surface area contributed by atoms with Crippen molar-refractivity contribution in [3.63, 3.8) is 0 Å². The van der Waals surface area contributed by atoms with Crippen molar-refractivity contribution in [3.05, 3.63) is 87.1 Å². The van der Waals surface area contributed by atoms with Crippen LogP contribution in [0.2, 0.25) is 0 Å². The third kappa shape index (κ3) is 3.78. The average Bonchev–Trinajstić information content (AvgIpc) is 3.53. The van der Waals surface area contributed by atoms with Crippen molar-refractivity contribution < 1.29 is 24.2 Å². The first-order valence-corrected chi connectivity index (χ1v) is 11.6. The Hall–Kier alpha value is -3.58. The van der Waals surface area contributed by atoms with Crippen molar-refractivity contribution in [2.24, 2.45) is 0 Å². The number of rotatable bonds is 5. The van der Waals surface area contributed by atoms with E-state index in [-0.39, 0.29) is 24.0 Å². The Morgan fingerprint density at radius 1 is 1.18 bits per heavy atom. The minimum atomic E-state index is -0.676. The van der Waals surface area contributed by atoms with E-state index >= 15 is 0 Å². The molecule has 6 nitrogen and oxygen atoms in total. The fourth-order valence-corrected chi connectivity index (χ4v) is 5.28. The van der Waals surface area contributed by atoms with E-state index in [9.17, 15) is 14.7 Å². The number of hydrogen-bond acceptors (Lipinski definition) is 6. The van der Waals surface area contributed by atoms with E-state index < -0.39 is 17.7 Å². The lowest BCUT2D eigenvalue weighted by atomic mass is 9.98. The molecule has 33 heavy (non-hydrogen) atoms. The van der Waals surface area contributed by atoms with Crippen LogP contribution in [0.3, 0.4) is 0 Å². The number of hydrogen-bond donors (Lipinski definition) is 1. The van der Waals surface area contributed by atoms with Crippen LogP contribution in [0.15, 0.2) is 65.6 Å². The molecule has 0 radical (unpaired) electrons. The van der Waals surface area contributed by atoms with Crippen molar-refractivity contribution in [2.75, 3.05) is 7.11 Å². The minimum Gasteiger partial charge on any atom is -0.507 e. The summed E-state index contributed by atoms with van der Waals surface area (Å²) in [6.07, 6.45) is 0.801. The fraction of sp³-hybridized carbons (Fsp3) is 0.231. The Kier molecular flexibility index (Phi) is 5.42. The molecule has 2 aromatic carbocycles. The Labute approximate surface area is 195 Å². The van der Waals surface area contributed by atoms with Gasteiger partial charge in [0.1, 0.15) is 23.4 Å². The van der Waals surface area contributed by atoms with Gasteiger partial charge in [0, 0.05) is 23.4 Å². The maximum atomic E-state index is 13.2. The number of ketones is 1. The quantitative estimate of drug-likeness (QED) is 0.339. The molecule has 0 bridgehead atoms. The maximum absolute atomic E-state index is 13.2. The van der Waals surface area contributed by atoms with Crippen molar-refractivity contribution in [3.8, 4) is 11.5 Å². The summed E-state index contributed by atoms with van der Waals surface area (Å²) in [5.41, 5.74) is 2.47. The minimum absolute atomic E-state index is 0.0681. The second-order valence-electron chi connectivity index (χ2n) is 8.25. The third-order valence-electron chi connectivity index (χ3n) is 6.03. The normalized spacial score (nSPS) is 21.2. The number of likely N-dealkylation sites (tertiary alicyclic amines) is 1. The van der Waals surface area contributed by atoms with Crippen LogP contribution in [0.1, 0.15) is 34.5 Å². The van der Waals surface area contributed by atoms with E-state index in [1.807, 2.05) is 60.8 Å². The van der Waals surface area contributed by atoms with E-state index in [1.165, 1.54) is 16.2 Å². The number of thiophene rings is 1. The molecule has 0 saturated carbocycles. The molecule has 5 rings (SSSR count). The average molecular weight is 462 g/mol. The Morgan fingerprint density at radius 2 is 1.97 bits per heavy atom. The van der Waals surface area contributed by atoms with Gasteiger partial charge in [-0.15, -0.1) is 11.3 Å². The van der Waals surface area contributed by atoms with Crippen LogP contribution in [0.25, 0.3) is 5.76 Å². The SMILES string of the molecule is COc1ccc(CN2C(=O)C(=O)/C(=C(\O)c3ccc4c(c3)CC(C)O4)C2c2cccs2)cc1. The molecular formula is C26H23NO5S. The molecule has 2 aliphatic heterocycles. The zero-order chi connectivity index (χ0) is 23.1. The molecule has 1 amide bonds. The molecule has 0 spiro atoms. The summed E-state index contributed by atoms with van der Waals surface area (Å²) in [4.78, 5) is 28.6. The highest BCUT2D eigenvalue weighted by molar-refractivity contribution is 7.10. The van der Waals surface area contributed by atoms with Crippen molar-refractivity contribution in [1.82, 2.24) is 4.90 Å². The number of nitrogens with zero attached hydrogens (tertiary/aromatic N) is 1. The molecule has 7 heteroatoms. The first kappa shape index (κ1) is 21.3. The van der Waals surface area contributed by atoms with Gasteiger partial charge >= 0.3 is 0 Å². The molecular weight excluding hydrogens is 438 g/mol. The largest absolute Gasteiger partial charge is 0.507 e. The number of carbonyl (C=O) groups excluding carboxylic acids is 2. The Balaban J connectivity index is 1.57. The maximum Gasteiger partial charge on any atom is 0.295 e. The summed E-state index contributed by atoms with van der Waals surface area (Å²) in [6, 6.07) is 15.9. The lowest BCUT2D eigenvalue weighted by molar-refractivity contribution is -0.140. The highest BCUT2D eigenvalue weighted by atomic mass is 32.1. The van der Waals surface area contributed by atoms with Crippen LogP contribution in [-0.4, -0.2) is 34.9 Å². The van der Waals surface area contributed by atoms with Crippen molar-refractivity contribution in [2.45, 2.75) is 32.0 Å². The van der Waals surface area contributed by atoms with Gasteiger partial charge in [0.25, 0.3) is 11.7 Å². The smallest absolute Gasteiger partial charge is 0.295 e. The molecule has 3 aromatic rings. The number of Topliss-reactive ketones (excluding diaryl/α,β-unsaturated/α-hetero) is 1. The number of aliphatic hydroxyl groups excluding tert-OH is 1. The summed E-state index contributed by atoms with van der Waals surface area (Å²) in [5.74, 6) is 0.0408. The molecule has 1 fully saturated rings. The van der Waals surface area contributed by atoms with Gasteiger partial charge in [0.05, 0.1) is 18.7 Å². The molecule has 2 atom stereocenters. The van der Waals surface area contributed by atoms with Gasteiger partial charge in [-0.05, 0) is 59.8 Å². The van der Waals surface area contributed by atoms with E-state index in [0.717, 1.165) is 28.2 Å².